The highest BCUT2D eigenvalue weighted by atomic mass is 19.3. The van der Waals surface area contributed by atoms with Crippen LogP contribution < -0.4 is 16.5 Å². The van der Waals surface area contributed by atoms with Crippen molar-refractivity contribution < 1.29 is 27.2 Å². The molecule has 1 fully saturated rings. The van der Waals surface area contributed by atoms with Gasteiger partial charge in [-0.15, -0.1) is 5.10 Å². The van der Waals surface area contributed by atoms with Crippen molar-refractivity contribution in [1.82, 2.24) is 30.3 Å². The van der Waals surface area contributed by atoms with Crippen molar-refractivity contribution in [3.05, 3.63) is 35.9 Å². The number of carbonyl (C=O) groups excluding carboxylic acids is 2. The first-order chi connectivity index (χ1) is 16.2. The van der Waals surface area contributed by atoms with E-state index < -0.39 is 24.3 Å². The van der Waals surface area contributed by atoms with Gasteiger partial charge in [0.2, 0.25) is 11.9 Å². The minimum absolute atomic E-state index is 0.00434. The predicted molar refractivity (Wildman–Crippen MR) is 120 cm³/mol. The quantitative estimate of drug-likeness (QED) is 0.566. The Labute approximate surface area is 195 Å². The van der Waals surface area contributed by atoms with Gasteiger partial charge in [0.05, 0.1) is 17.4 Å². The third-order valence-corrected chi connectivity index (χ3v) is 4.75. The summed E-state index contributed by atoms with van der Waals surface area (Å²) in [7, 11) is 1.56. The number of nitrogens with two attached hydrogens (primary N) is 1. The molecular weight excluding hydrogens is 458 g/mol. The lowest BCUT2D eigenvalue weighted by Gasteiger charge is -2.20. The summed E-state index contributed by atoms with van der Waals surface area (Å²) >= 11 is 0. The standard InChI is InChI=1S/C12H13F2N7O.C6H10F2.C2H6.CH2O/c1-20-5-7(9(18-20)10(13)14)17-11(22)8-3-2-6-4-16-12(15)19-21(6)8;7-6(8)4-2-1-3-5-6;2*1-2/h2-5,9-10,18H,1H3,(H2,15,19)(H,17,22);1-5H2;1-2H3;1H2. The maximum Gasteiger partial charge on any atom is 0.274 e. The Balaban J connectivity index is 0.000000403. The number of hydrogen-bond acceptors (Lipinski definition) is 7. The number of aromatic nitrogens is 3. The monoisotopic (exact) mass is 489 g/mol. The molecular formula is C21H31F4N7O2. The van der Waals surface area contributed by atoms with Crippen LogP contribution in [0.1, 0.15) is 56.4 Å². The number of hydrogen-bond donors (Lipinski definition) is 3. The Morgan fingerprint density at radius 3 is 2.38 bits per heavy atom. The second-order valence-electron chi connectivity index (χ2n) is 7.18. The lowest BCUT2D eigenvalue weighted by molar-refractivity contribution is -0.0980. The SMILES string of the molecule is C=O.CC.CN1C=C(NC(=O)c2ccc3cnc(N)nn23)C(C(F)F)N1.FC1(F)CCCCC1. The fraction of sp³-hybridized carbons (Fsp3) is 0.524. The van der Waals surface area contributed by atoms with Crippen LogP contribution in [0.3, 0.4) is 0 Å². The van der Waals surface area contributed by atoms with Crippen LogP contribution in [0.4, 0.5) is 23.5 Å². The lowest BCUT2D eigenvalue weighted by Crippen LogP contribution is -2.42. The number of fused-ring (bicyclic) bond motifs is 1. The van der Waals surface area contributed by atoms with Crippen LogP contribution in [0.15, 0.2) is 30.2 Å². The number of halogens is 4. The van der Waals surface area contributed by atoms with Crippen molar-refractivity contribution in [2.45, 2.75) is 64.3 Å². The number of carbonyl (C=O) groups is 2. The maximum atomic E-state index is 12.9. The van der Waals surface area contributed by atoms with E-state index in [1.54, 1.807) is 13.1 Å². The molecule has 1 aliphatic heterocycles. The lowest BCUT2D eigenvalue weighted by atomic mass is 9.97. The fourth-order valence-corrected chi connectivity index (χ4v) is 3.27. The highest BCUT2D eigenvalue weighted by molar-refractivity contribution is 5.95. The zero-order valence-corrected chi connectivity index (χ0v) is 19.4. The minimum atomic E-state index is -2.65. The van der Waals surface area contributed by atoms with Gasteiger partial charge in [-0.25, -0.2) is 32.5 Å². The number of hydrazine groups is 1. The Hall–Kier alpha value is -3.22. The summed E-state index contributed by atoms with van der Waals surface area (Å²) in [6.07, 6.45) is 2.87. The van der Waals surface area contributed by atoms with Crippen molar-refractivity contribution in [2.24, 2.45) is 0 Å². The molecule has 2 aliphatic rings. The average Bonchev–Trinajstić information content (AvgIpc) is 3.39. The maximum absolute atomic E-state index is 12.9. The second-order valence-corrected chi connectivity index (χ2v) is 7.18. The first-order valence-electron chi connectivity index (χ1n) is 10.7. The van der Waals surface area contributed by atoms with E-state index in [0.29, 0.717) is 18.4 Å². The molecule has 0 radical (unpaired) electrons. The van der Waals surface area contributed by atoms with E-state index in [1.165, 1.54) is 28.0 Å². The van der Waals surface area contributed by atoms with Crippen LogP contribution in [0, 0.1) is 0 Å². The summed E-state index contributed by atoms with van der Waals surface area (Å²) in [4.78, 5) is 24.1. The van der Waals surface area contributed by atoms with E-state index in [-0.39, 0.29) is 30.2 Å². The number of nitrogens with one attached hydrogen (secondary N) is 2. The molecule has 34 heavy (non-hydrogen) atoms. The van der Waals surface area contributed by atoms with Gasteiger partial charge in [-0.2, -0.15) is 0 Å². The highest BCUT2D eigenvalue weighted by Gasteiger charge is 2.32. The normalized spacial score (nSPS) is 18.5. The minimum Gasteiger partial charge on any atom is -0.367 e. The van der Waals surface area contributed by atoms with Gasteiger partial charge >= 0.3 is 0 Å². The van der Waals surface area contributed by atoms with Crippen LogP contribution >= 0.6 is 0 Å². The summed E-state index contributed by atoms with van der Waals surface area (Å²) < 4.78 is 51.6. The van der Waals surface area contributed by atoms with Gasteiger partial charge in [-0.3, -0.25) is 4.79 Å². The summed E-state index contributed by atoms with van der Waals surface area (Å²) in [5.41, 5.74) is 8.84. The molecule has 3 heterocycles. The van der Waals surface area contributed by atoms with Gasteiger partial charge in [-0.05, 0) is 25.0 Å². The Morgan fingerprint density at radius 1 is 1.24 bits per heavy atom. The van der Waals surface area contributed by atoms with Crippen LogP contribution in [0.25, 0.3) is 5.52 Å². The Morgan fingerprint density at radius 2 is 1.85 bits per heavy atom. The van der Waals surface area contributed by atoms with E-state index in [4.69, 9.17) is 10.5 Å². The van der Waals surface area contributed by atoms with Crippen molar-refractivity contribution in [2.75, 3.05) is 12.8 Å². The zero-order chi connectivity index (χ0) is 25.9. The molecule has 2 aromatic heterocycles. The first kappa shape index (κ1) is 28.8. The summed E-state index contributed by atoms with van der Waals surface area (Å²) in [6, 6.07) is 1.88. The number of alkyl halides is 4. The molecule has 0 saturated heterocycles. The summed E-state index contributed by atoms with van der Waals surface area (Å²) in [6.45, 7) is 6.00. The molecule has 0 spiro atoms. The van der Waals surface area contributed by atoms with E-state index >= 15 is 0 Å². The summed E-state index contributed by atoms with van der Waals surface area (Å²) in [5.74, 6) is -2.88. The van der Waals surface area contributed by atoms with Crippen molar-refractivity contribution in [3.8, 4) is 0 Å². The molecule has 1 atom stereocenters. The number of nitrogens with zero attached hydrogens (tertiary/aromatic N) is 4. The topological polar surface area (TPSA) is 118 Å². The predicted octanol–water partition coefficient (Wildman–Crippen LogP) is 3.39. The third kappa shape index (κ3) is 7.97. The summed E-state index contributed by atoms with van der Waals surface area (Å²) in [5, 5.41) is 7.76. The van der Waals surface area contributed by atoms with E-state index in [2.05, 4.69) is 20.8 Å². The molecule has 1 aliphatic carbocycles. The molecule has 190 valence electrons. The highest BCUT2D eigenvalue weighted by Crippen LogP contribution is 2.32. The molecule has 0 bridgehead atoms. The number of rotatable bonds is 3. The molecule has 1 amide bonds. The Kier molecular flexibility index (Phi) is 11.4. The molecule has 0 aromatic carbocycles. The molecule has 4 N–H and O–H groups in total. The average molecular weight is 490 g/mol. The number of nitrogen functional groups attached to an aromatic ring is 1. The van der Waals surface area contributed by atoms with E-state index in [1.807, 2.05) is 20.6 Å². The van der Waals surface area contributed by atoms with Crippen LogP contribution in [-0.2, 0) is 4.79 Å². The first-order valence-corrected chi connectivity index (χ1v) is 10.7. The van der Waals surface area contributed by atoms with Gasteiger partial charge in [0.15, 0.2) is 0 Å². The molecule has 2 aromatic rings. The van der Waals surface area contributed by atoms with Crippen molar-refractivity contribution in [3.63, 3.8) is 0 Å². The van der Waals surface area contributed by atoms with Gasteiger partial charge in [0.1, 0.15) is 18.5 Å². The van der Waals surface area contributed by atoms with E-state index in [0.717, 1.165) is 6.42 Å². The Bertz CT molecular complexity index is 944. The van der Waals surface area contributed by atoms with Crippen LogP contribution in [0.5, 0.6) is 0 Å². The van der Waals surface area contributed by atoms with Gasteiger partial charge in [-0.1, -0.05) is 20.3 Å². The number of anilines is 1. The molecule has 13 heteroatoms. The van der Waals surface area contributed by atoms with Crippen LogP contribution in [-0.4, -0.2) is 57.7 Å². The van der Waals surface area contributed by atoms with Crippen molar-refractivity contribution >= 4 is 24.2 Å². The van der Waals surface area contributed by atoms with Gasteiger partial charge < -0.3 is 20.9 Å². The number of amides is 1. The second kappa shape index (κ2) is 13.5. The van der Waals surface area contributed by atoms with Crippen molar-refractivity contribution in [1.29, 1.82) is 0 Å². The molecule has 1 unspecified atom stereocenters. The molecule has 4 rings (SSSR count). The smallest absolute Gasteiger partial charge is 0.274 e. The zero-order valence-electron chi connectivity index (χ0n) is 19.4. The third-order valence-electron chi connectivity index (χ3n) is 4.75. The van der Waals surface area contributed by atoms with E-state index in [9.17, 15) is 22.4 Å². The van der Waals surface area contributed by atoms with Crippen LogP contribution in [0.2, 0.25) is 0 Å². The van der Waals surface area contributed by atoms with Gasteiger partial charge in [0, 0.05) is 26.1 Å². The molecule has 1 saturated carbocycles. The molecule has 9 nitrogen and oxygen atoms in total. The van der Waals surface area contributed by atoms with Gasteiger partial charge in [0.25, 0.3) is 12.3 Å². The largest absolute Gasteiger partial charge is 0.367 e. The fourth-order valence-electron chi connectivity index (χ4n) is 3.27.